The Bertz CT molecular complexity index is 1510. The van der Waals surface area contributed by atoms with Crippen LogP contribution < -0.4 is 24.8 Å². The Kier molecular flexibility index (Phi) is 10.5. The van der Waals surface area contributed by atoms with Crippen molar-refractivity contribution >= 4 is 33.6 Å². The van der Waals surface area contributed by atoms with Crippen molar-refractivity contribution in [3.05, 3.63) is 77.9 Å². The molecule has 2 heterocycles. The highest BCUT2D eigenvalue weighted by Gasteiger charge is 2.17. The predicted octanol–water partition coefficient (Wildman–Crippen LogP) is 7.24. The zero-order valence-corrected chi connectivity index (χ0v) is 25.6. The van der Waals surface area contributed by atoms with E-state index < -0.39 is 12.2 Å². The molecule has 0 unspecified atom stereocenters. The van der Waals surface area contributed by atoms with Crippen LogP contribution in [0.4, 0.5) is 9.59 Å². The number of carbonyl (C=O) groups is 2. The summed E-state index contributed by atoms with van der Waals surface area (Å²) in [6, 6.07) is 21.6. The molecule has 0 atom stereocenters. The largest absolute Gasteiger partial charge is 0.492 e. The molecule has 0 bridgehead atoms. The monoisotopic (exact) mass is 601 g/mol. The summed E-state index contributed by atoms with van der Waals surface area (Å²) in [5.74, 6) is 1.85. The predicted molar refractivity (Wildman–Crippen MR) is 172 cm³/mol. The molecule has 5 rings (SSSR count). The van der Waals surface area contributed by atoms with E-state index in [-0.39, 0.29) is 0 Å². The Morgan fingerprint density at radius 2 is 1.42 bits per heavy atom. The molecule has 0 radical (unpaired) electrons. The first kappa shape index (κ1) is 30.4. The van der Waals surface area contributed by atoms with Crippen LogP contribution in [0.3, 0.4) is 0 Å². The maximum Gasteiger partial charge on any atom is 0.412 e. The van der Waals surface area contributed by atoms with Crippen molar-refractivity contribution in [3.8, 4) is 27.7 Å². The van der Waals surface area contributed by atoms with Crippen LogP contribution in [0.2, 0.25) is 0 Å². The van der Waals surface area contributed by atoms with Crippen molar-refractivity contribution in [2.45, 2.75) is 39.5 Å². The lowest BCUT2D eigenvalue weighted by molar-refractivity contribution is 0.183. The van der Waals surface area contributed by atoms with E-state index in [1.165, 1.54) is 43.5 Å². The number of ether oxygens (including phenoxy) is 3. The highest BCUT2D eigenvalue weighted by molar-refractivity contribution is 7.22. The van der Waals surface area contributed by atoms with Crippen LogP contribution in [-0.2, 0) is 6.42 Å². The van der Waals surface area contributed by atoms with Crippen LogP contribution in [0.15, 0.2) is 66.7 Å². The number of hydrogen-bond donors (Lipinski definition) is 2. The van der Waals surface area contributed by atoms with Crippen LogP contribution in [0.1, 0.15) is 44.2 Å². The van der Waals surface area contributed by atoms with Gasteiger partial charge in [-0.1, -0.05) is 18.6 Å². The van der Waals surface area contributed by atoms with Gasteiger partial charge >= 0.3 is 12.2 Å². The Hall–Kier alpha value is -4.08. The van der Waals surface area contributed by atoms with Gasteiger partial charge in [-0.15, -0.1) is 11.3 Å². The van der Waals surface area contributed by atoms with Crippen molar-refractivity contribution in [2.75, 3.05) is 39.3 Å². The Morgan fingerprint density at radius 3 is 2.09 bits per heavy atom. The molecule has 0 aliphatic carbocycles. The van der Waals surface area contributed by atoms with Gasteiger partial charge in [0.1, 0.15) is 23.9 Å². The molecule has 4 aromatic rings. The van der Waals surface area contributed by atoms with Gasteiger partial charge in [0, 0.05) is 29.2 Å². The number of benzene rings is 3. The summed E-state index contributed by atoms with van der Waals surface area (Å²) in [5, 5.41) is 6.41. The van der Waals surface area contributed by atoms with Gasteiger partial charge in [-0.2, -0.15) is 0 Å². The second-order valence-electron chi connectivity index (χ2n) is 10.5. The molecule has 1 saturated heterocycles. The third-order valence-electron chi connectivity index (χ3n) is 7.37. The minimum absolute atomic E-state index is 0.472. The lowest BCUT2D eigenvalue weighted by Gasteiger charge is -2.26. The number of nitrogens with one attached hydrogen (secondary N) is 2. The minimum Gasteiger partial charge on any atom is -0.492 e. The molecule has 1 aliphatic rings. The Balaban J connectivity index is 1.36. The maximum absolute atomic E-state index is 12.0. The number of hydrogen-bond acceptors (Lipinski definition) is 7. The molecule has 2 N–H and O–H groups in total. The van der Waals surface area contributed by atoms with Crippen LogP contribution in [-0.4, -0.2) is 56.4 Å². The number of amides is 2. The second-order valence-corrected chi connectivity index (χ2v) is 11.6. The fourth-order valence-electron chi connectivity index (χ4n) is 5.23. The van der Waals surface area contributed by atoms with Crippen molar-refractivity contribution in [3.63, 3.8) is 0 Å². The van der Waals surface area contributed by atoms with Gasteiger partial charge in [0.05, 0.1) is 0 Å². The summed E-state index contributed by atoms with van der Waals surface area (Å²) in [5.41, 5.74) is 3.37. The van der Waals surface area contributed by atoms with Crippen LogP contribution >= 0.6 is 11.3 Å². The van der Waals surface area contributed by atoms with Gasteiger partial charge in [-0.05, 0) is 123 Å². The number of thiophene rings is 1. The zero-order chi connectivity index (χ0) is 30.0. The van der Waals surface area contributed by atoms with Crippen LogP contribution in [0.25, 0.3) is 20.5 Å². The summed E-state index contributed by atoms with van der Waals surface area (Å²) in [6.45, 7) is 8.69. The summed E-state index contributed by atoms with van der Waals surface area (Å²) >= 11 is 1.65. The average molecular weight is 602 g/mol. The SMILES string of the molecule is CCNC(=O)Oc1ccc(-c2sc3cc(OC(=O)NCC)ccc3c2Cc2ccc(OCCN3CCCCC3)cc2)cc1. The van der Waals surface area contributed by atoms with E-state index in [4.69, 9.17) is 14.2 Å². The molecular weight excluding hydrogens is 562 g/mol. The molecule has 9 heteroatoms. The topological polar surface area (TPSA) is 89.1 Å². The lowest BCUT2D eigenvalue weighted by atomic mass is 9.99. The third-order valence-corrected chi connectivity index (χ3v) is 8.62. The van der Waals surface area contributed by atoms with Gasteiger partial charge in [-0.25, -0.2) is 9.59 Å². The second kappa shape index (κ2) is 14.9. The van der Waals surface area contributed by atoms with Gasteiger partial charge in [-0.3, -0.25) is 4.90 Å². The van der Waals surface area contributed by atoms with Crippen LogP contribution in [0.5, 0.6) is 17.2 Å². The van der Waals surface area contributed by atoms with E-state index in [0.717, 1.165) is 39.2 Å². The summed E-state index contributed by atoms with van der Waals surface area (Å²) in [6.07, 6.45) is 3.67. The van der Waals surface area contributed by atoms with E-state index >= 15 is 0 Å². The molecule has 43 heavy (non-hydrogen) atoms. The van der Waals surface area contributed by atoms with E-state index in [1.54, 1.807) is 23.5 Å². The smallest absolute Gasteiger partial charge is 0.412 e. The van der Waals surface area contributed by atoms with Gasteiger partial charge < -0.3 is 24.8 Å². The first-order valence-electron chi connectivity index (χ1n) is 15.0. The van der Waals surface area contributed by atoms with Crippen molar-refractivity contribution in [1.29, 1.82) is 0 Å². The van der Waals surface area contributed by atoms with E-state index in [0.29, 0.717) is 31.2 Å². The lowest BCUT2D eigenvalue weighted by Crippen LogP contribution is -2.33. The minimum atomic E-state index is -0.476. The molecule has 2 amide bonds. The number of likely N-dealkylation sites (tertiary alicyclic amines) is 1. The van der Waals surface area contributed by atoms with E-state index in [9.17, 15) is 9.59 Å². The molecule has 1 aliphatic heterocycles. The number of carbonyl (C=O) groups excluding carboxylic acids is 2. The average Bonchev–Trinajstić information content (AvgIpc) is 3.36. The number of nitrogens with zero attached hydrogens (tertiary/aromatic N) is 1. The normalized spacial score (nSPS) is 13.4. The number of rotatable bonds is 11. The quantitative estimate of drug-likeness (QED) is 0.188. The first-order chi connectivity index (χ1) is 21.0. The molecule has 3 aromatic carbocycles. The van der Waals surface area contributed by atoms with Gasteiger partial charge in [0.15, 0.2) is 0 Å². The molecule has 1 aromatic heterocycles. The van der Waals surface area contributed by atoms with Crippen LogP contribution in [0, 0.1) is 0 Å². The standard InChI is InChI=1S/C34H39N3O5S/c1-3-35-33(38)41-27-14-10-25(11-15-27)32-30(29-17-16-28(23-31(29)43-32)42-34(39)36-4-2)22-24-8-12-26(13-9-24)40-21-20-37-18-6-5-7-19-37/h8-17,23H,3-7,18-22H2,1-2H3,(H,35,38)(H,36,39). The number of piperidine rings is 1. The zero-order valence-electron chi connectivity index (χ0n) is 24.8. The van der Waals surface area contributed by atoms with Crippen molar-refractivity contribution in [1.82, 2.24) is 15.5 Å². The highest BCUT2D eigenvalue weighted by Crippen LogP contribution is 2.41. The highest BCUT2D eigenvalue weighted by atomic mass is 32.1. The number of fused-ring (bicyclic) bond motifs is 1. The van der Waals surface area contributed by atoms with E-state index in [2.05, 4.69) is 27.7 Å². The molecule has 0 saturated carbocycles. The molecule has 1 fully saturated rings. The van der Waals surface area contributed by atoms with Gasteiger partial charge in [0.25, 0.3) is 0 Å². The fourth-order valence-corrected chi connectivity index (χ4v) is 6.49. The Labute approximate surface area is 256 Å². The fraction of sp³-hybridized carbons (Fsp3) is 0.353. The maximum atomic E-state index is 12.0. The first-order valence-corrected chi connectivity index (χ1v) is 15.9. The summed E-state index contributed by atoms with van der Waals surface area (Å²) < 4.78 is 17.9. The van der Waals surface area contributed by atoms with E-state index in [1.807, 2.05) is 56.3 Å². The van der Waals surface area contributed by atoms with Crippen molar-refractivity contribution < 1.29 is 23.8 Å². The van der Waals surface area contributed by atoms with Crippen molar-refractivity contribution in [2.24, 2.45) is 0 Å². The summed E-state index contributed by atoms with van der Waals surface area (Å²) in [4.78, 5) is 27.5. The Morgan fingerprint density at radius 1 is 0.791 bits per heavy atom. The third kappa shape index (κ3) is 8.27. The van der Waals surface area contributed by atoms with Gasteiger partial charge in [0.2, 0.25) is 0 Å². The molecule has 0 spiro atoms. The molecule has 8 nitrogen and oxygen atoms in total. The summed E-state index contributed by atoms with van der Waals surface area (Å²) in [7, 11) is 0. The molecule has 226 valence electrons. The molecular formula is C34H39N3O5S.